The first-order valence-electron chi connectivity index (χ1n) is 10.7. The minimum Gasteiger partial charge on any atom is -0.464 e. The molecule has 0 aromatic heterocycles. The Hall–Kier alpha value is -2.65. The van der Waals surface area contributed by atoms with Gasteiger partial charge in [-0.1, -0.05) is 0 Å². The summed E-state index contributed by atoms with van der Waals surface area (Å²) in [4.78, 5) is 62.5. The normalized spacial score (nSPS) is 17.2. The van der Waals surface area contributed by atoms with Gasteiger partial charge in [0.25, 0.3) is 0 Å². The number of hydrogen-bond donors (Lipinski definition) is 2. The van der Waals surface area contributed by atoms with Crippen molar-refractivity contribution in [2.75, 3.05) is 39.3 Å². The van der Waals surface area contributed by atoms with Gasteiger partial charge in [0.15, 0.2) is 0 Å². The molecule has 0 spiro atoms. The van der Waals surface area contributed by atoms with Gasteiger partial charge in [0.2, 0.25) is 23.6 Å². The van der Waals surface area contributed by atoms with Crippen molar-refractivity contribution in [3.8, 4) is 0 Å². The van der Waals surface area contributed by atoms with E-state index in [1.165, 1.54) is 4.90 Å². The van der Waals surface area contributed by atoms with Gasteiger partial charge in [-0.05, 0) is 39.0 Å². The first-order chi connectivity index (χ1) is 14.4. The van der Waals surface area contributed by atoms with Crippen LogP contribution in [-0.4, -0.2) is 84.8 Å². The molecule has 4 amide bonds. The Bertz CT molecular complexity index is 653. The molecule has 0 aliphatic carbocycles. The molecule has 2 heterocycles. The van der Waals surface area contributed by atoms with E-state index in [2.05, 4.69) is 10.6 Å². The van der Waals surface area contributed by atoms with Crippen LogP contribution in [0.15, 0.2) is 0 Å². The lowest BCUT2D eigenvalue weighted by Crippen LogP contribution is -2.46. The summed E-state index contributed by atoms with van der Waals surface area (Å²) in [6.45, 7) is 3.53. The Labute approximate surface area is 176 Å². The molecule has 2 fully saturated rings. The van der Waals surface area contributed by atoms with E-state index in [0.717, 1.165) is 12.8 Å². The van der Waals surface area contributed by atoms with Crippen LogP contribution in [0.5, 0.6) is 0 Å². The zero-order valence-electron chi connectivity index (χ0n) is 17.6. The maximum Gasteiger partial charge on any atom is 0.328 e. The largest absolute Gasteiger partial charge is 0.464 e. The smallest absolute Gasteiger partial charge is 0.328 e. The highest BCUT2D eigenvalue weighted by molar-refractivity contribution is 5.89. The van der Waals surface area contributed by atoms with Gasteiger partial charge >= 0.3 is 5.97 Å². The van der Waals surface area contributed by atoms with Crippen LogP contribution in [-0.2, 0) is 28.7 Å². The minimum absolute atomic E-state index is 0.00815. The van der Waals surface area contributed by atoms with Gasteiger partial charge in [0.1, 0.15) is 6.04 Å². The summed E-state index contributed by atoms with van der Waals surface area (Å²) in [6.07, 6.45) is 4.07. The van der Waals surface area contributed by atoms with Crippen molar-refractivity contribution in [2.45, 2.75) is 57.9 Å². The topological polar surface area (TPSA) is 125 Å². The van der Waals surface area contributed by atoms with Crippen molar-refractivity contribution >= 4 is 29.6 Å². The Morgan fingerprint density at radius 1 is 0.967 bits per heavy atom. The van der Waals surface area contributed by atoms with E-state index in [1.807, 2.05) is 0 Å². The fourth-order valence-corrected chi connectivity index (χ4v) is 3.58. The zero-order valence-corrected chi connectivity index (χ0v) is 17.6. The monoisotopic (exact) mass is 424 g/mol. The molecule has 2 rings (SSSR count). The summed E-state index contributed by atoms with van der Waals surface area (Å²) in [7, 11) is 0. The number of hydrogen-bond acceptors (Lipinski definition) is 6. The fourth-order valence-electron chi connectivity index (χ4n) is 3.58. The van der Waals surface area contributed by atoms with E-state index in [4.69, 9.17) is 4.74 Å². The fraction of sp³-hybridized carbons (Fsp3) is 0.750. The number of esters is 1. The molecular formula is C20H32N4O6. The highest BCUT2D eigenvalue weighted by atomic mass is 16.5. The summed E-state index contributed by atoms with van der Waals surface area (Å²) in [5.41, 5.74) is 0. The van der Waals surface area contributed by atoms with Crippen LogP contribution < -0.4 is 10.6 Å². The molecule has 2 aliphatic rings. The molecular weight excluding hydrogens is 392 g/mol. The van der Waals surface area contributed by atoms with Gasteiger partial charge in [-0.25, -0.2) is 4.79 Å². The summed E-state index contributed by atoms with van der Waals surface area (Å²) in [6, 6.07) is -0.784. The number of unbranched alkanes of at least 4 members (excludes halogenated alkanes) is 1. The van der Waals surface area contributed by atoms with E-state index in [0.29, 0.717) is 51.7 Å². The molecule has 2 aliphatic heterocycles. The van der Waals surface area contributed by atoms with E-state index in [-0.39, 0.29) is 43.3 Å². The lowest BCUT2D eigenvalue weighted by molar-refractivity contribution is -0.147. The minimum atomic E-state index is -0.784. The van der Waals surface area contributed by atoms with E-state index < -0.39 is 12.0 Å². The number of nitrogens with one attached hydrogen (secondary N) is 2. The second-order valence-corrected chi connectivity index (χ2v) is 7.56. The van der Waals surface area contributed by atoms with Crippen molar-refractivity contribution in [2.24, 2.45) is 0 Å². The molecule has 10 heteroatoms. The van der Waals surface area contributed by atoms with Crippen LogP contribution in [0, 0.1) is 0 Å². The van der Waals surface area contributed by atoms with Gasteiger partial charge < -0.3 is 25.2 Å². The quantitative estimate of drug-likeness (QED) is 0.323. The predicted octanol–water partition coefficient (Wildman–Crippen LogP) is -0.434. The molecule has 0 aromatic carbocycles. The van der Waals surface area contributed by atoms with Crippen LogP contribution in [0.2, 0.25) is 0 Å². The average molecular weight is 424 g/mol. The molecule has 168 valence electrons. The van der Waals surface area contributed by atoms with E-state index >= 15 is 0 Å². The Balaban J connectivity index is 1.68. The summed E-state index contributed by atoms with van der Waals surface area (Å²) < 4.78 is 5.03. The maximum atomic E-state index is 12.2. The summed E-state index contributed by atoms with van der Waals surface area (Å²) >= 11 is 0. The third-order valence-electron chi connectivity index (χ3n) is 5.16. The summed E-state index contributed by atoms with van der Waals surface area (Å²) in [5.74, 6) is -1.13. The van der Waals surface area contributed by atoms with Gasteiger partial charge in [-0.15, -0.1) is 0 Å². The Morgan fingerprint density at radius 2 is 1.57 bits per heavy atom. The van der Waals surface area contributed by atoms with Gasteiger partial charge in [0, 0.05) is 32.5 Å². The molecule has 0 saturated carbocycles. The highest BCUT2D eigenvalue weighted by Gasteiger charge is 2.26. The van der Waals surface area contributed by atoms with Gasteiger partial charge in [-0.2, -0.15) is 0 Å². The van der Waals surface area contributed by atoms with Crippen molar-refractivity contribution in [3.63, 3.8) is 0 Å². The molecule has 30 heavy (non-hydrogen) atoms. The molecule has 10 nitrogen and oxygen atoms in total. The second-order valence-electron chi connectivity index (χ2n) is 7.56. The Kier molecular flexibility index (Phi) is 9.56. The third-order valence-corrected chi connectivity index (χ3v) is 5.16. The number of nitrogens with zero attached hydrogens (tertiary/aromatic N) is 2. The molecule has 0 bridgehead atoms. The predicted molar refractivity (Wildman–Crippen MR) is 107 cm³/mol. The molecule has 1 atom stereocenters. The number of amides is 4. The molecule has 1 unspecified atom stereocenters. The van der Waals surface area contributed by atoms with Crippen LogP contribution in [0.1, 0.15) is 51.9 Å². The van der Waals surface area contributed by atoms with Crippen molar-refractivity contribution in [1.82, 2.24) is 20.4 Å². The standard InChI is InChI=1S/C20H32N4O6/c1-2-30-20(29)15(22-17(26)14-24-12-6-9-19(24)28)7-3-4-10-21-16(25)13-23-11-5-8-18(23)27/h15H,2-14H2,1H3,(H,21,25)(H,22,26). The SMILES string of the molecule is CCOC(=O)C(CCCCNC(=O)CN1CCCC1=O)NC(=O)CN1CCCC1=O. The van der Waals surface area contributed by atoms with Crippen LogP contribution in [0.25, 0.3) is 0 Å². The van der Waals surface area contributed by atoms with Gasteiger partial charge in [0.05, 0.1) is 19.7 Å². The number of ether oxygens (including phenoxy) is 1. The van der Waals surface area contributed by atoms with Crippen LogP contribution in [0.4, 0.5) is 0 Å². The number of likely N-dealkylation sites (tertiary alicyclic amines) is 2. The molecule has 2 N–H and O–H groups in total. The van der Waals surface area contributed by atoms with Crippen LogP contribution >= 0.6 is 0 Å². The lowest BCUT2D eigenvalue weighted by Gasteiger charge is -2.20. The zero-order chi connectivity index (χ0) is 21.9. The molecule has 0 radical (unpaired) electrons. The molecule has 0 aromatic rings. The van der Waals surface area contributed by atoms with E-state index in [1.54, 1.807) is 11.8 Å². The Morgan fingerprint density at radius 3 is 2.10 bits per heavy atom. The number of carbonyl (C=O) groups is 5. The first kappa shape index (κ1) is 23.6. The van der Waals surface area contributed by atoms with E-state index in [9.17, 15) is 24.0 Å². The molecule has 2 saturated heterocycles. The number of rotatable bonds is 12. The lowest BCUT2D eigenvalue weighted by atomic mass is 10.1. The van der Waals surface area contributed by atoms with Crippen LogP contribution in [0.3, 0.4) is 0 Å². The van der Waals surface area contributed by atoms with Crippen molar-refractivity contribution < 1.29 is 28.7 Å². The second kappa shape index (κ2) is 12.1. The highest BCUT2D eigenvalue weighted by Crippen LogP contribution is 2.10. The number of carbonyl (C=O) groups excluding carboxylic acids is 5. The van der Waals surface area contributed by atoms with Crippen molar-refractivity contribution in [1.29, 1.82) is 0 Å². The maximum absolute atomic E-state index is 12.2. The van der Waals surface area contributed by atoms with Crippen molar-refractivity contribution in [3.05, 3.63) is 0 Å². The summed E-state index contributed by atoms with van der Waals surface area (Å²) in [5, 5.41) is 5.43. The first-order valence-corrected chi connectivity index (χ1v) is 10.7. The van der Waals surface area contributed by atoms with Gasteiger partial charge in [-0.3, -0.25) is 19.2 Å². The third kappa shape index (κ3) is 7.64. The average Bonchev–Trinajstić information content (AvgIpc) is 3.29.